The minimum atomic E-state index is -1.03. The van der Waals surface area contributed by atoms with Crippen LogP contribution in [0.1, 0.15) is 85.7 Å². The number of thiophene rings is 1. The smallest absolute Gasteiger partial charge is 0.306 e. The molecular formula is C53H61N5O16S. The largest absolute Gasteiger partial charge is 0.493 e. The number of Topliss-reactive ketones (excluding diaryl/α,β-unsaturated/α-hetero) is 1. The molecule has 1 aromatic heterocycles. The lowest BCUT2D eigenvalue weighted by Crippen LogP contribution is -2.53. The van der Waals surface area contributed by atoms with E-state index in [-0.39, 0.29) is 89.3 Å². The summed E-state index contributed by atoms with van der Waals surface area (Å²) in [7, 11) is 3.05. The van der Waals surface area contributed by atoms with Gasteiger partial charge in [-0.15, -0.1) is 11.3 Å². The number of amides is 6. The average molecular weight is 1060 g/mol. The van der Waals surface area contributed by atoms with E-state index >= 15 is 0 Å². The molecule has 75 heavy (non-hydrogen) atoms. The van der Waals surface area contributed by atoms with Gasteiger partial charge in [0.2, 0.25) is 23.6 Å². The summed E-state index contributed by atoms with van der Waals surface area (Å²) in [6.45, 7) is 6.27. The summed E-state index contributed by atoms with van der Waals surface area (Å²) < 4.78 is 34.9. The minimum Gasteiger partial charge on any atom is -0.493 e. The second-order valence-corrected chi connectivity index (χ2v) is 19.0. The molecule has 2 aliphatic heterocycles. The zero-order chi connectivity index (χ0) is 54.2. The molecule has 3 aromatic carbocycles. The van der Waals surface area contributed by atoms with Gasteiger partial charge in [0.25, 0.3) is 11.8 Å². The van der Waals surface area contributed by atoms with Crippen molar-refractivity contribution in [3.05, 3.63) is 88.3 Å². The van der Waals surface area contributed by atoms with Crippen molar-refractivity contribution in [2.24, 2.45) is 5.92 Å². The summed E-state index contributed by atoms with van der Waals surface area (Å²) in [4.78, 5) is 114. The molecule has 2 atom stereocenters. The Morgan fingerprint density at radius 3 is 1.99 bits per heavy atom. The SMILES string of the molecule is COc1cc2c(cc1OCCCOc1cc3cc(C(=O)CCC(=O)O)sc3cc1OC)CN(C(=O)CCC(=O)OCc1ccc(NC(=O)[C@H](C)NC(=O)[C@@H](NC(=O)CCOCCN3C(=O)C=CC3=O)C(C)C)cc1)C2. The highest BCUT2D eigenvalue weighted by Crippen LogP contribution is 2.38. The molecule has 3 heterocycles. The van der Waals surface area contributed by atoms with Crippen LogP contribution in [0.25, 0.3) is 10.1 Å². The summed E-state index contributed by atoms with van der Waals surface area (Å²) in [5, 5.41) is 17.7. The monoisotopic (exact) mass is 1060 g/mol. The first-order chi connectivity index (χ1) is 35.9. The fourth-order valence-electron chi connectivity index (χ4n) is 7.84. The Balaban J connectivity index is 0.868. The second kappa shape index (κ2) is 26.9. The molecule has 6 rings (SSSR count). The van der Waals surface area contributed by atoms with Crippen LogP contribution in [-0.4, -0.2) is 127 Å². The normalized spacial score (nSPS) is 13.6. The van der Waals surface area contributed by atoms with Gasteiger partial charge >= 0.3 is 11.9 Å². The van der Waals surface area contributed by atoms with Gasteiger partial charge in [0.1, 0.15) is 18.7 Å². The van der Waals surface area contributed by atoms with Gasteiger partial charge in [-0.3, -0.25) is 48.1 Å². The van der Waals surface area contributed by atoms with E-state index in [2.05, 4.69) is 16.0 Å². The third-order valence-electron chi connectivity index (χ3n) is 12.0. The van der Waals surface area contributed by atoms with Gasteiger partial charge in [-0.2, -0.15) is 0 Å². The van der Waals surface area contributed by atoms with Crippen LogP contribution in [0.2, 0.25) is 0 Å². The van der Waals surface area contributed by atoms with E-state index in [4.69, 9.17) is 33.5 Å². The molecule has 2 aliphatic rings. The van der Waals surface area contributed by atoms with Gasteiger partial charge in [-0.25, -0.2) is 0 Å². The fourth-order valence-corrected chi connectivity index (χ4v) is 8.88. The summed E-state index contributed by atoms with van der Waals surface area (Å²) >= 11 is 1.27. The Morgan fingerprint density at radius 1 is 0.707 bits per heavy atom. The second-order valence-electron chi connectivity index (χ2n) is 17.9. The minimum absolute atomic E-state index is 0.00266. The third kappa shape index (κ3) is 16.1. The van der Waals surface area contributed by atoms with Crippen LogP contribution in [0.15, 0.2) is 66.7 Å². The van der Waals surface area contributed by atoms with E-state index in [1.165, 1.54) is 44.6 Å². The highest BCUT2D eigenvalue weighted by Gasteiger charge is 2.29. The number of benzene rings is 3. The topological polar surface area (TPSA) is 272 Å². The first-order valence-electron chi connectivity index (χ1n) is 24.3. The number of anilines is 1. The summed E-state index contributed by atoms with van der Waals surface area (Å²) in [6.07, 6.45) is 2.27. The van der Waals surface area contributed by atoms with Crippen LogP contribution in [0, 0.1) is 5.92 Å². The van der Waals surface area contributed by atoms with Crippen molar-refractivity contribution in [2.75, 3.05) is 52.5 Å². The number of carboxylic acids is 1. The Hall–Kier alpha value is -7.85. The highest BCUT2D eigenvalue weighted by molar-refractivity contribution is 7.20. The number of rotatable bonds is 29. The number of hydrogen-bond donors (Lipinski definition) is 4. The molecule has 0 aliphatic carbocycles. The predicted molar refractivity (Wildman–Crippen MR) is 272 cm³/mol. The van der Waals surface area contributed by atoms with Crippen LogP contribution in [0.3, 0.4) is 0 Å². The zero-order valence-corrected chi connectivity index (χ0v) is 43.2. The lowest BCUT2D eigenvalue weighted by Gasteiger charge is -2.24. The van der Waals surface area contributed by atoms with Crippen molar-refractivity contribution in [2.45, 2.75) is 91.1 Å². The number of ketones is 1. The van der Waals surface area contributed by atoms with E-state index in [0.717, 1.165) is 26.1 Å². The number of carbonyl (C=O) groups excluding carboxylic acids is 8. The van der Waals surface area contributed by atoms with Crippen LogP contribution < -0.4 is 34.9 Å². The van der Waals surface area contributed by atoms with E-state index in [0.29, 0.717) is 58.6 Å². The molecule has 0 spiro atoms. The number of methoxy groups -OCH3 is 2. The van der Waals surface area contributed by atoms with E-state index in [9.17, 15) is 43.2 Å². The Bertz CT molecular complexity index is 2790. The number of carbonyl (C=O) groups is 9. The number of nitrogens with zero attached hydrogens (tertiary/aromatic N) is 2. The number of esters is 1. The number of nitrogens with one attached hydrogen (secondary N) is 3. The van der Waals surface area contributed by atoms with E-state index in [1.807, 2.05) is 12.1 Å². The van der Waals surface area contributed by atoms with Gasteiger partial charge < -0.3 is 54.4 Å². The Labute approximate surface area is 436 Å². The molecule has 0 radical (unpaired) electrons. The lowest BCUT2D eigenvalue weighted by atomic mass is 10.0. The number of hydrogen-bond acceptors (Lipinski definition) is 16. The fraction of sp³-hybridized carbons (Fsp3) is 0.415. The molecule has 0 fully saturated rings. The maximum Gasteiger partial charge on any atom is 0.306 e. The standard InChI is InChI=1S/C53H61N5O16S/c1-31(2)51(56-45(60)17-21-71-22-18-58-47(62)12-13-48(58)63)53(68)54-32(3)52(67)55-37-9-7-33(8-10-37)30-74-50(66)16-14-46(61)57-28-35-24-39(69-4)42(25-36(35)29-57)73-20-6-19-72-41-23-34-26-44(38(59)11-15-49(64)65)75-43(34)27-40(41)70-5/h7-10,12-13,23-27,31-32,51H,6,11,14-22,28-30H2,1-5H3,(H,54,68)(H,55,67)(H,56,60)(H,64,65)/t32-,51-/m0/s1. The van der Waals surface area contributed by atoms with Crippen LogP contribution in [0.5, 0.6) is 23.0 Å². The molecule has 4 aromatic rings. The van der Waals surface area contributed by atoms with Gasteiger partial charge in [0, 0.05) is 67.4 Å². The van der Waals surface area contributed by atoms with Crippen LogP contribution >= 0.6 is 11.3 Å². The number of carboxylic acid groups (broad SMARTS) is 1. The van der Waals surface area contributed by atoms with E-state index < -0.39 is 53.6 Å². The molecule has 4 N–H and O–H groups in total. The summed E-state index contributed by atoms with van der Waals surface area (Å²) in [5.41, 5.74) is 2.84. The molecule has 0 bridgehead atoms. The van der Waals surface area contributed by atoms with Crippen molar-refractivity contribution < 1.29 is 76.7 Å². The molecule has 0 saturated heterocycles. The summed E-state index contributed by atoms with van der Waals surface area (Å²) in [5.74, 6) is -2.74. The van der Waals surface area contributed by atoms with Crippen molar-refractivity contribution in [3.8, 4) is 23.0 Å². The van der Waals surface area contributed by atoms with Crippen molar-refractivity contribution in [3.63, 3.8) is 0 Å². The average Bonchev–Trinajstić information content (AvgIpc) is 4.10. The van der Waals surface area contributed by atoms with Crippen molar-refractivity contribution in [1.82, 2.24) is 20.4 Å². The maximum absolute atomic E-state index is 13.2. The Morgan fingerprint density at radius 2 is 1.35 bits per heavy atom. The highest BCUT2D eigenvalue weighted by atomic mass is 32.1. The van der Waals surface area contributed by atoms with Crippen LogP contribution in [0.4, 0.5) is 5.69 Å². The molecule has 22 heteroatoms. The van der Waals surface area contributed by atoms with Gasteiger partial charge in [-0.1, -0.05) is 26.0 Å². The molecule has 6 amide bonds. The zero-order valence-electron chi connectivity index (χ0n) is 42.4. The number of imide groups is 1. The van der Waals surface area contributed by atoms with Crippen LogP contribution in [-0.2, 0) is 67.5 Å². The number of aliphatic carboxylic acids is 1. The first-order valence-corrected chi connectivity index (χ1v) is 25.1. The van der Waals surface area contributed by atoms with Crippen molar-refractivity contribution >= 4 is 80.3 Å². The Kier molecular flexibility index (Phi) is 20.3. The maximum atomic E-state index is 13.2. The molecular weight excluding hydrogens is 995 g/mol. The predicted octanol–water partition coefficient (Wildman–Crippen LogP) is 5.10. The third-order valence-corrected chi connectivity index (χ3v) is 13.2. The van der Waals surface area contributed by atoms with Gasteiger partial charge in [0.15, 0.2) is 28.8 Å². The summed E-state index contributed by atoms with van der Waals surface area (Å²) in [6, 6.07) is 13.6. The van der Waals surface area contributed by atoms with Gasteiger partial charge in [0.05, 0.1) is 64.9 Å². The quantitative estimate of drug-likeness (QED) is 0.0239. The molecule has 0 unspecified atom stereocenters. The lowest BCUT2D eigenvalue weighted by molar-refractivity contribution is -0.147. The number of ether oxygens (including phenoxy) is 6. The molecule has 0 saturated carbocycles. The first kappa shape index (κ1) is 56.4. The van der Waals surface area contributed by atoms with Gasteiger partial charge in [-0.05, 0) is 71.3 Å². The number of fused-ring (bicyclic) bond motifs is 2. The molecule has 400 valence electrons. The van der Waals surface area contributed by atoms with E-state index in [1.54, 1.807) is 61.2 Å². The van der Waals surface area contributed by atoms with Crippen molar-refractivity contribution in [1.29, 1.82) is 0 Å². The molecule has 21 nitrogen and oxygen atoms in total.